The highest BCUT2D eigenvalue weighted by molar-refractivity contribution is 5.93. The van der Waals surface area contributed by atoms with E-state index < -0.39 is 0 Å². The zero-order valence-electron chi connectivity index (χ0n) is 7.40. The summed E-state index contributed by atoms with van der Waals surface area (Å²) >= 11 is 0. The van der Waals surface area contributed by atoms with Crippen molar-refractivity contribution in [2.75, 3.05) is 13.1 Å². The maximum atomic E-state index is 11.7. The second kappa shape index (κ2) is 3.60. The molecule has 0 radical (unpaired) electrons. The third-order valence-electron chi connectivity index (χ3n) is 2.32. The maximum absolute atomic E-state index is 11.7. The lowest BCUT2D eigenvalue weighted by molar-refractivity contribution is 0.0723. The van der Waals surface area contributed by atoms with E-state index in [1.165, 1.54) is 18.9 Å². The fourth-order valence-electron chi connectivity index (χ4n) is 1.59. The minimum Gasteiger partial charge on any atom is -0.364 e. The molecule has 0 aromatic carbocycles. The van der Waals surface area contributed by atoms with Gasteiger partial charge in [0.25, 0.3) is 5.91 Å². The molecule has 4 heteroatoms. The third-order valence-corrected chi connectivity index (χ3v) is 2.32. The second-order valence-electron chi connectivity index (χ2n) is 3.27. The van der Waals surface area contributed by atoms with Crippen LogP contribution >= 0.6 is 0 Å². The standard InChI is InChI=1S/C9H12N2O2/c12-9(8-6-10-13-7-8)11-4-2-1-3-5-11/h6-7H,1-5H2. The van der Waals surface area contributed by atoms with Gasteiger partial charge in [-0.05, 0) is 19.3 Å². The molecule has 4 nitrogen and oxygen atoms in total. The van der Waals surface area contributed by atoms with E-state index in [-0.39, 0.29) is 5.91 Å². The van der Waals surface area contributed by atoms with Gasteiger partial charge in [-0.25, -0.2) is 0 Å². The Kier molecular flexibility index (Phi) is 2.29. The van der Waals surface area contributed by atoms with E-state index in [4.69, 9.17) is 0 Å². The molecule has 2 rings (SSSR count). The number of hydrogen-bond donors (Lipinski definition) is 0. The van der Waals surface area contributed by atoms with Gasteiger partial charge in [0, 0.05) is 13.1 Å². The maximum Gasteiger partial charge on any atom is 0.258 e. The van der Waals surface area contributed by atoms with E-state index in [9.17, 15) is 4.79 Å². The number of likely N-dealkylation sites (tertiary alicyclic amines) is 1. The predicted octanol–water partition coefficient (Wildman–Crippen LogP) is 1.30. The van der Waals surface area contributed by atoms with Crippen LogP contribution in [0.15, 0.2) is 17.0 Å². The smallest absolute Gasteiger partial charge is 0.258 e. The summed E-state index contributed by atoms with van der Waals surface area (Å²) in [5, 5.41) is 3.52. The Bertz CT molecular complexity index is 276. The van der Waals surface area contributed by atoms with Crippen molar-refractivity contribution < 1.29 is 9.32 Å². The molecule has 0 atom stereocenters. The Morgan fingerprint density at radius 1 is 1.38 bits per heavy atom. The van der Waals surface area contributed by atoms with Gasteiger partial charge < -0.3 is 9.42 Å². The lowest BCUT2D eigenvalue weighted by atomic mass is 10.1. The van der Waals surface area contributed by atoms with E-state index in [0.29, 0.717) is 5.56 Å². The summed E-state index contributed by atoms with van der Waals surface area (Å²) in [5.74, 6) is 0.0425. The number of nitrogens with zero attached hydrogens (tertiary/aromatic N) is 2. The minimum atomic E-state index is 0.0425. The van der Waals surface area contributed by atoms with Crippen molar-refractivity contribution in [3.63, 3.8) is 0 Å². The summed E-state index contributed by atoms with van der Waals surface area (Å²) in [4.78, 5) is 13.5. The van der Waals surface area contributed by atoms with E-state index in [0.717, 1.165) is 25.9 Å². The number of amides is 1. The molecular formula is C9H12N2O2. The normalized spacial score (nSPS) is 17.4. The van der Waals surface area contributed by atoms with Crippen molar-refractivity contribution in [1.82, 2.24) is 10.1 Å². The number of hydrogen-bond acceptors (Lipinski definition) is 3. The van der Waals surface area contributed by atoms with Crippen molar-refractivity contribution in [3.05, 3.63) is 18.0 Å². The molecular weight excluding hydrogens is 168 g/mol. The van der Waals surface area contributed by atoms with Crippen LogP contribution in [-0.2, 0) is 0 Å². The fourth-order valence-corrected chi connectivity index (χ4v) is 1.59. The number of aromatic nitrogens is 1. The highest BCUT2D eigenvalue weighted by Crippen LogP contribution is 2.12. The van der Waals surface area contributed by atoms with Crippen molar-refractivity contribution >= 4 is 5.91 Å². The predicted molar refractivity (Wildman–Crippen MR) is 46.3 cm³/mol. The van der Waals surface area contributed by atoms with Crippen LogP contribution in [0.4, 0.5) is 0 Å². The minimum absolute atomic E-state index is 0.0425. The van der Waals surface area contributed by atoms with Crippen LogP contribution in [0.5, 0.6) is 0 Å². The average Bonchev–Trinajstić information content (AvgIpc) is 2.71. The number of piperidine rings is 1. The molecule has 2 heterocycles. The summed E-state index contributed by atoms with van der Waals surface area (Å²) in [6, 6.07) is 0. The van der Waals surface area contributed by atoms with Crippen LogP contribution in [0.1, 0.15) is 29.6 Å². The highest BCUT2D eigenvalue weighted by Gasteiger charge is 2.18. The molecule has 0 spiro atoms. The molecule has 13 heavy (non-hydrogen) atoms. The van der Waals surface area contributed by atoms with Crippen LogP contribution in [0.3, 0.4) is 0 Å². The van der Waals surface area contributed by atoms with Gasteiger partial charge in [-0.15, -0.1) is 0 Å². The van der Waals surface area contributed by atoms with E-state index in [2.05, 4.69) is 9.68 Å². The lowest BCUT2D eigenvalue weighted by Gasteiger charge is -2.25. The Morgan fingerprint density at radius 2 is 2.15 bits per heavy atom. The van der Waals surface area contributed by atoms with Gasteiger partial charge in [0.05, 0.1) is 11.8 Å². The number of carbonyl (C=O) groups is 1. The van der Waals surface area contributed by atoms with Gasteiger partial charge >= 0.3 is 0 Å². The molecule has 1 saturated heterocycles. The summed E-state index contributed by atoms with van der Waals surface area (Å²) in [6.07, 6.45) is 6.31. The molecule has 0 unspecified atom stereocenters. The van der Waals surface area contributed by atoms with Gasteiger partial charge in [-0.2, -0.15) is 0 Å². The molecule has 1 aromatic rings. The van der Waals surface area contributed by atoms with E-state index in [1.54, 1.807) is 0 Å². The first kappa shape index (κ1) is 8.29. The summed E-state index contributed by atoms with van der Waals surface area (Å²) in [5.41, 5.74) is 0.557. The van der Waals surface area contributed by atoms with Crippen molar-refractivity contribution in [1.29, 1.82) is 0 Å². The molecule has 1 fully saturated rings. The quantitative estimate of drug-likeness (QED) is 0.654. The van der Waals surface area contributed by atoms with Crippen LogP contribution in [-0.4, -0.2) is 29.1 Å². The first-order valence-electron chi connectivity index (χ1n) is 4.56. The van der Waals surface area contributed by atoms with Crippen molar-refractivity contribution in [3.8, 4) is 0 Å². The first-order chi connectivity index (χ1) is 6.38. The van der Waals surface area contributed by atoms with Crippen LogP contribution in [0.25, 0.3) is 0 Å². The SMILES string of the molecule is O=C(c1cnoc1)N1CCCCC1. The summed E-state index contributed by atoms with van der Waals surface area (Å²) < 4.78 is 4.63. The Hall–Kier alpha value is -1.32. The monoisotopic (exact) mass is 180 g/mol. The fraction of sp³-hybridized carbons (Fsp3) is 0.556. The summed E-state index contributed by atoms with van der Waals surface area (Å²) in [6.45, 7) is 1.73. The topological polar surface area (TPSA) is 46.3 Å². The van der Waals surface area contributed by atoms with Crippen LogP contribution < -0.4 is 0 Å². The molecule has 1 aliphatic rings. The molecule has 70 valence electrons. The van der Waals surface area contributed by atoms with Crippen molar-refractivity contribution in [2.45, 2.75) is 19.3 Å². The van der Waals surface area contributed by atoms with Crippen LogP contribution in [0.2, 0.25) is 0 Å². The van der Waals surface area contributed by atoms with Gasteiger partial charge in [0.15, 0.2) is 0 Å². The summed E-state index contributed by atoms with van der Waals surface area (Å²) in [7, 11) is 0. The van der Waals surface area contributed by atoms with Gasteiger partial charge in [0.1, 0.15) is 6.26 Å². The van der Waals surface area contributed by atoms with E-state index >= 15 is 0 Å². The van der Waals surface area contributed by atoms with Crippen molar-refractivity contribution in [2.24, 2.45) is 0 Å². The number of rotatable bonds is 1. The molecule has 0 aliphatic carbocycles. The molecule has 0 N–H and O–H groups in total. The Labute approximate surface area is 76.5 Å². The largest absolute Gasteiger partial charge is 0.364 e. The first-order valence-corrected chi connectivity index (χ1v) is 4.56. The van der Waals surface area contributed by atoms with Crippen LogP contribution in [0, 0.1) is 0 Å². The Morgan fingerprint density at radius 3 is 2.77 bits per heavy atom. The van der Waals surface area contributed by atoms with Gasteiger partial charge in [0.2, 0.25) is 0 Å². The third kappa shape index (κ3) is 1.71. The molecule has 1 aliphatic heterocycles. The lowest BCUT2D eigenvalue weighted by Crippen LogP contribution is -2.35. The molecule has 1 amide bonds. The second-order valence-corrected chi connectivity index (χ2v) is 3.27. The molecule has 0 saturated carbocycles. The molecule has 1 aromatic heterocycles. The zero-order chi connectivity index (χ0) is 9.10. The average molecular weight is 180 g/mol. The van der Waals surface area contributed by atoms with Gasteiger partial charge in [-0.1, -0.05) is 5.16 Å². The zero-order valence-corrected chi connectivity index (χ0v) is 7.40. The number of carbonyl (C=O) groups excluding carboxylic acids is 1. The van der Waals surface area contributed by atoms with E-state index in [1.807, 2.05) is 4.90 Å². The highest BCUT2D eigenvalue weighted by atomic mass is 16.5. The molecule has 0 bridgehead atoms. The Balaban J connectivity index is 2.04. The van der Waals surface area contributed by atoms with Gasteiger partial charge in [-0.3, -0.25) is 4.79 Å².